The van der Waals surface area contributed by atoms with Crippen LogP contribution in [0.25, 0.3) is 0 Å². The molecule has 0 aliphatic rings. The molecule has 0 unspecified atom stereocenters. The molecule has 28 heavy (non-hydrogen) atoms. The molecule has 5 heteroatoms. The fourth-order valence-corrected chi connectivity index (χ4v) is 8.57. The summed E-state index contributed by atoms with van der Waals surface area (Å²) in [6.45, 7) is 0. The van der Waals surface area contributed by atoms with Gasteiger partial charge in [0.1, 0.15) is 20.9 Å². The zero-order valence-corrected chi connectivity index (χ0v) is 17.6. The van der Waals surface area contributed by atoms with E-state index in [0.29, 0.717) is 10.3 Å². The first kappa shape index (κ1) is 20.2. The second kappa shape index (κ2) is 9.09. The van der Waals surface area contributed by atoms with Gasteiger partial charge in [-0.15, -0.1) is 11.8 Å². The van der Waals surface area contributed by atoms with Crippen LogP contribution >= 0.6 is 19.0 Å². The molecule has 0 saturated carbocycles. The Labute approximate surface area is 171 Å². The van der Waals surface area contributed by atoms with Crippen molar-refractivity contribution in [3.8, 4) is 0 Å². The predicted molar refractivity (Wildman–Crippen MR) is 122 cm³/mol. The standard InChI is InChI=1S/C23H22NO2PS/c1-26-23(25)21(22(24)28-2)27(18-12-6-3-7-13-18,19-14-8-4-9-15-19)20-16-10-5-11-17-20/h3-17H,1-2H3,(H-,24,25)/p+1. The molecule has 2 N–H and O–H groups in total. The lowest BCUT2D eigenvalue weighted by Gasteiger charge is -2.28. The van der Waals surface area contributed by atoms with Crippen LogP contribution in [0.15, 0.2) is 101 Å². The van der Waals surface area contributed by atoms with Crippen LogP contribution in [0.5, 0.6) is 0 Å². The molecule has 0 radical (unpaired) electrons. The maximum Gasteiger partial charge on any atom is 0.377 e. The van der Waals surface area contributed by atoms with E-state index in [1.165, 1.54) is 18.9 Å². The van der Waals surface area contributed by atoms with E-state index < -0.39 is 13.2 Å². The summed E-state index contributed by atoms with van der Waals surface area (Å²) in [5.74, 6) is -0.392. The van der Waals surface area contributed by atoms with Crippen molar-refractivity contribution in [2.45, 2.75) is 0 Å². The van der Waals surface area contributed by atoms with Crippen molar-refractivity contribution in [2.75, 3.05) is 13.4 Å². The van der Waals surface area contributed by atoms with Crippen molar-refractivity contribution in [2.24, 2.45) is 5.73 Å². The summed E-state index contributed by atoms with van der Waals surface area (Å²) in [6, 6.07) is 30.4. The minimum Gasteiger partial charge on any atom is -0.463 e. The highest BCUT2D eigenvalue weighted by Crippen LogP contribution is 2.63. The van der Waals surface area contributed by atoms with Gasteiger partial charge in [0.2, 0.25) is 5.31 Å². The highest BCUT2D eigenvalue weighted by molar-refractivity contribution is 8.04. The average Bonchev–Trinajstić information content (AvgIpc) is 2.78. The number of thioether (sulfide) groups is 1. The van der Waals surface area contributed by atoms with Crippen LogP contribution in [-0.2, 0) is 9.53 Å². The van der Waals surface area contributed by atoms with Crippen molar-refractivity contribution in [3.63, 3.8) is 0 Å². The van der Waals surface area contributed by atoms with E-state index >= 15 is 0 Å². The number of esters is 1. The molecular formula is C23H23NO2PS+. The Morgan fingerprint density at radius 1 is 0.786 bits per heavy atom. The van der Waals surface area contributed by atoms with E-state index in [1.807, 2.05) is 60.9 Å². The lowest BCUT2D eigenvalue weighted by molar-refractivity contribution is -0.135. The third-order valence-corrected chi connectivity index (χ3v) is 9.71. The second-order valence-electron chi connectivity index (χ2n) is 6.09. The molecule has 0 saturated heterocycles. The number of hydrogen-bond acceptors (Lipinski definition) is 4. The molecule has 0 heterocycles. The van der Waals surface area contributed by atoms with Crippen molar-refractivity contribution in [1.29, 1.82) is 0 Å². The van der Waals surface area contributed by atoms with Crippen LogP contribution in [0, 0.1) is 0 Å². The van der Waals surface area contributed by atoms with Gasteiger partial charge < -0.3 is 10.5 Å². The Kier molecular flexibility index (Phi) is 6.56. The molecule has 3 rings (SSSR count). The van der Waals surface area contributed by atoms with Crippen molar-refractivity contribution < 1.29 is 9.53 Å². The van der Waals surface area contributed by atoms with Gasteiger partial charge >= 0.3 is 5.97 Å². The van der Waals surface area contributed by atoms with Crippen molar-refractivity contribution in [1.82, 2.24) is 0 Å². The molecule has 0 aliphatic carbocycles. The number of rotatable bonds is 6. The molecular weight excluding hydrogens is 385 g/mol. The fourth-order valence-electron chi connectivity index (χ4n) is 3.39. The molecule has 3 aromatic carbocycles. The maximum absolute atomic E-state index is 13.1. The first-order valence-corrected chi connectivity index (χ1v) is 11.9. The van der Waals surface area contributed by atoms with Crippen LogP contribution < -0.4 is 21.6 Å². The van der Waals surface area contributed by atoms with Gasteiger partial charge in [-0.05, 0) is 42.7 Å². The molecule has 0 aromatic heterocycles. The predicted octanol–water partition coefficient (Wildman–Crippen LogP) is 3.64. The molecule has 0 aliphatic heterocycles. The zero-order chi connectivity index (χ0) is 20.0. The average molecular weight is 408 g/mol. The van der Waals surface area contributed by atoms with Gasteiger partial charge in [0.15, 0.2) is 7.26 Å². The van der Waals surface area contributed by atoms with Gasteiger partial charge in [0.05, 0.1) is 7.11 Å². The number of nitrogens with two attached hydrogens (primary N) is 1. The maximum atomic E-state index is 13.1. The molecule has 142 valence electrons. The molecule has 0 atom stereocenters. The number of carbonyl (C=O) groups excluding carboxylic acids is 1. The van der Waals surface area contributed by atoms with Gasteiger partial charge in [-0.2, -0.15) is 0 Å². The number of methoxy groups -OCH3 is 1. The van der Waals surface area contributed by atoms with Gasteiger partial charge in [-0.3, -0.25) is 0 Å². The number of hydrogen-bond donors (Lipinski definition) is 1. The normalized spacial score (nSPS) is 12.2. The van der Waals surface area contributed by atoms with Gasteiger partial charge in [0.25, 0.3) is 0 Å². The summed E-state index contributed by atoms with van der Waals surface area (Å²) in [7, 11) is -1.14. The van der Waals surface area contributed by atoms with Gasteiger partial charge in [-0.1, -0.05) is 54.6 Å². The largest absolute Gasteiger partial charge is 0.463 e. The Balaban J connectivity index is 2.53. The zero-order valence-electron chi connectivity index (χ0n) is 15.9. The first-order chi connectivity index (χ1) is 13.7. The van der Waals surface area contributed by atoms with Crippen molar-refractivity contribution >= 4 is 40.9 Å². The molecule has 0 amide bonds. The Bertz CT molecular complexity index is 863. The van der Waals surface area contributed by atoms with E-state index in [0.717, 1.165) is 15.9 Å². The van der Waals surface area contributed by atoms with Crippen LogP contribution in [0.2, 0.25) is 0 Å². The molecule has 0 bridgehead atoms. The third-order valence-electron chi connectivity index (χ3n) is 4.60. The minimum absolute atomic E-state index is 0.392. The quantitative estimate of drug-likeness (QED) is 0.384. The summed E-state index contributed by atoms with van der Waals surface area (Å²) >= 11 is 1.37. The van der Waals surface area contributed by atoms with Crippen LogP contribution in [-0.4, -0.2) is 19.3 Å². The molecule has 0 spiro atoms. The summed E-state index contributed by atoms with van der Waals surface area (Å²) in [4.78, 5) is 13.1. The number of ether oxygens (including phenoxy) is 1. The summed E-state index contributed by atoms with van der Waals surface area (Å²) in [5, 5.41) is 4.20. The van der Waals surface area contributed by atoms with Crippen LogP contribution in [0.3, 0.4) is 0 Å². The van der Waals surface area contributed by atoms with Crippen molar-refractivity contribution in [3.05, 3.63) is 101 Å². The molecule has 3 nitrogen and oxygen atoms in total. The van der Waals surface area contributed by atoms with Crippen LogP contribution in [0.4, 0.5) is 0 Å². The van der Waals surface area contributed by atoms with Crippen LogP contribution in [0.1, 0.15) is 0 Å². The number of benzene rings is 3. The van der Waals surface area contributed by atoms with E-state index in [1.54, 1.807) is 0 Å². The molecule has 3 aromatic rings. The second-order valence-corrected chi connectivity index (χ2v) is 10.3. The van der Waals surface area contributed by atoms with Gasteiger partial charge in [0, 0.05) is 0 Å². The topological polar surface area (TPSA) is 52.3 Å². The molecule has 0 fully saturated rings. The summed E-state index contributed by atoms with van der Waals surface area (Å²) in [5.41, 5.74) is 6.46. The number of carbonyl (C=O) groups is 1. The summed E-state index contributed by atoms with van der Waals surface area (Å²) in [6.07, 6.45) is 1.88. The SMILES string of the molecule is COC(=O)/C(=C(\N)SC)[P+](c1ccccc1)(c1ccccc1)c1ccccc1. The Morgan fingerprint density at radius 2 is 1.14 bits per heavy atom. The third kappa shape index (κ3) is 3.58. The highest BCUT2D eigenvalue weighted by atomic mass is 32.2. The van der Waals surface area contributed by atoms with E-state index in [2.05, 4.69) is 36.4 Å². The smallest absolute Gasteiger partial charge is 0.377 e. The van der Waals surface area contributed by atoms with Gasteiger partial charge in [-0.25, -0.2) is 4.79 Å². The monoisotopic (exact) mass is 408 g/mol. The lowest BCUT2D eigenvalue weighted by Crippen LogP contribution is -2.36. The van der Waals surface area contributed by atoms with E-state index in [4.69, 9.17) is 10.5 Å². The Hall–Kier alpha value is -2.55. The fraction of sp³-hybridized carbons (Fsp3) is 0.0870. The Morgan fingerprint density at radius 3 is 1.43 bits per heavy atom. The van der Waals surface area contributed by atoms with E-state index in [9.17, 15) is 4.79 Å². The highest BCUT2D eigenvalue weighted by Gasteiger charge is 2.54. The lowest BCUT2D eigenvalue weighted by atomic mass is 10.3. The minimum atomic E-state index is -2.55. The first-order valence-electron chi connectivity index (χ1n) is 8.84. The summed E-state index contributed by atoms with van der Waals surface area (Å²) < 4.78 is 5.24. The van der Waals surface area contributed by atoms with E-state index in [-0.39, 0.29) is 0 Å².